The molecular formula is C19H19NO2. The molecule has 0 aromatic heterocycles. The number of carbonyl (C=O) groups is 1. The van der Waals surface area contributed by atoms with E-state index in [2.05, 4.69) is 17.4 Å². The molecule has 1 fully saturated rings. The van der Waals surface area contributed by atoms with E-state index in [0.29, 0.717) is 6.42 Å². The van der Waals surface area contributed by atoms with Gasteiger partial charge in [0, 0.05) is 6.42 Å². The summed E-state index contributed by atoms with van der Waals surface area (Å²) in [4.78, 5) is 12.7. The van der Waals surface area contributed by atoms with Crippen molar-refractivity contribution < 1.29 is 9.53 Å². The van der Waals surface area contributed by atoms with E-state index < -0.39 is 6.10 Å². The molecule has 112 valence electrons. The van der Waals surface area contributed by atoms with Gasteiger partial charge in [0.2, 0.25) is 0 Å². The number of carbonyl (C=O) groups excluding carboxylic acids is 1. The van der Waals surface area contributed by atoms with Crippen molar-refractivity contribution in [2.75, 3.05) is 0 Å². The smallest absolute Gasteiger partial charge is 0.262 e. The Labute approximate surface area is 130 Å². The SMILES string of the molecule is O=C(NC1(c2ccccc2)CCC1)C1Cc2ccccc2O1. The van der Waals surface area contributed by atoms with Crippen LogP contribution in [-0.4, -0.2) is 12.0 Å². The van der Waals surface area contributed by atoms with Crippen LogP contribution >= 0.6 is 0 Å². The van der Waals surface area contributed by atoms with Gasteiger partial charge in [-0.25, -0.2) is 0 Å². The molecule has 1 saturated carbocycles. The Hall–Kier alpha value is -2.29. The lowest BCUT2D eigenvalue weighted by atomic mass is 9.71. The average molecular weight is 293 g/mol. The van der Waals surface area contributed by atoms with Crippen LogP contribution in [0.2, 0.25) is 0 Å². The number of hydrogen-bond donors (Lipinski definition) is 1. The number of fused-ring (bicyclic) bond motifs is 1. The normalized spacial score (nSPS) is 21.4. The maximum absolute atomic E-state index is 12.7. The summed E-state index contributed by atoms with van der Waals surface area (Å²) in [6.45, 7) is 0. The predicted octanol–water partition coefficient (Wildman–Crippen LogP) is 3.19. The largest absolute Gasteiger partial charge is 0.480 e. The van der Waals surface area contributed by atoms with E-state index >= 15 is 0 Å². The summed E-state index contributed by atoms with van der Waals surface area (Å²) in [5, 5.41) is 3.26. The third-order valence-electron chi connectivity index (χ3n) is 4.84. The van der Waals surface area contributed by atoms with Crippen molar-refractivity contribution >= 4 is 5.91 Å². The van der Waals surface area contributed by atoms with E-state index in [-0.39, 0.29) is 11.4 Å². The van der Waals surface area contributed by atoms with E-state index in [0.717, 1.165) is 30.6 Å². The summed E-state index contributed by atoms with van der Waals surface area (Å²) in [7, 11) is 0. The highest BCUT2D eigenvalue weighted by Gasteiger charge is 2.42. The molecule has 0 radical (unpaired) electrons. The predicted molar refractivity (Wildman–Crippen MR) is 84.7 cm³/mol. The van der Waals surface area contributed by atoms with Crippen LogP contribution in [0.15, 0.2) is 54.6 Å². The standard InChI is InChI=1S/C19H19NO2/c21-18(17-13-14-7-4-5-10-16(14)22-17)20-19(11-6-12-19)15-8-2-1-3-9-15/h1-5,7-10,17H,6,11-13H2,(H,20,21). The molecule has 1 aliphatic carbocycles. The minimum Gasteiger partial charge on any atom is -0.480 e. The van der Waals surface area contributed by atoms with Gasteiger partial charge in [-0.3, -0.25) is 4.79 Å². The number of nitrogens with one attached hydrogen (secondary N) is 1. The second-order valence-corrected chi connectivity index (χ2v) is 6.21. The fraction of sp³-hybridized carbons (Fsp3) is 0.316. The number of benzene rings is 2. The Bertz CT molecular complexity index is 667. The maximum Gasteiger partial charge on any atom is 0.262 e. The Morgan fingerprint density at radius 1 is 1.05 bits per heavy atom. The van der Waals surface area contributed by atoms with Crippen LogP contribution < -0.4 is 10.1 Å². The second kappa shape index (κ2) is 5.16. The summed E-state index contributed by atoms with van der Waals surface area (Å²) in [5.41, 5.74) is 2.12. The fourth-order valence-corrected chi connectivity index (χ4v) is 3.42. The van der Waals surface area contributed by atoms with Crippen molar-refractivity contribution in [3.05, 3.63) is 65.7 Å². The van der Waals surface area contributed by atoms with Gasteiger partial charge in [-0.15, -0.1) is 0 Å². The Morgan fingerprint density at radius 2 is 1.77 bits per heavy atom. The van der Waals surface area contributed by atoms with Gasteiger partial charge in [0.1, 0.15) is 5.75 Å². The first-order chi connectivity index (χ1) is 10.8. The van der Waals surface area contributed by atoms with E-state index in [9.17, 15) is 4.79 Å². The van der Waals surface area contributed by atoms with Crippen LogP contribution in [0.3, 0.4) is 0 Å². The lowest BCUT2D eigenvalue weighted by molar-refractivity contribution is -0.130. The van der Waals surface area contributed by atoms with Crippen LogP contribution in [0.5, 0.6) is 5.75 Å². The molecule has 2 aromatic rings. The molecule has 1 heterocycles. The Balaban J connectivity index is 1.51. The van der Waals surface area contributed by atoms with Gasteiger partial charge in [-0.05, 0) is 36.5 Å². The second-order valence-electron chi connectivity index (χ2n) is 6.21. The van der Waals surface area contributed by atoms with Crippen molar-refractivity contribution in [3.8, 4) is 5.75 Å². The fourth-order valence-electron chi connectivity index (χ4n) is 3.42. The molecule has 3 heteroatoms. The lowest BCUT2D eigenvalue weighted by Crippen LogP contribution is -2.54. The zero-order valence-corrected chi connectivity index (χ0v) is 12.4. The number of rotatable bonds is 3. The van der Waals surface area contributed by atoms with E-state index in [1.54, 1.807) is 0 Å². The highest BCUT2D eigenvalue weighted by molar-refractivity contribution is 5.83. The molecule has 22 heavy (non-hydrogen) atoms. The van der Waals surface area contributed by atoms with Crippen molar-refractivity contribution in [3.63, 3.8) is 0 Å². The van der Waals surface area contributed by atoms with Gasteiger partial charge in [0.05, 0.1) is 5.54 Å². The van der Waals surface area contributed by atoms with Gasteiger partial charge >= 0.3 is 0 Å². The van der Waals surface area contributed by atoms with Gasteiger partial charge in [0.15, 0.2) is 6.10 Å². The molecule has 2 aliphatic rings. The van der Waals surface area contributed by atoms with E-state index in [1.165, 1.54) is 5.56 Å². The van der Waals surface area contributed by atoms with Crippen LogP contribution in [0.25, 0.3) is 0 Å². The first-order valence-corrected chi connectivity index (χ1v) is 7.89. The summed E-state index contributed by atoms with van der Waals surface area (Å²) >= 11 is 0. The molecule has 2 aromatic carbocycles. The third-order valence-corrected chi connectivity index (χ3v) is 4.84. The lowest BCUT2D eigenvalue weighted by Gasteiger charge is -2.43. The highest BCUT2D eigenvalue weighted by Crippen LogP contribution is 2.41. The zero-order chi connectivity index (χ0) is 15.0. The molecule has 3 nitrogen and oxygen atoms in total. The van der Waals surface area contributed by atoms with Crippen LogP contribution in [0.4, 0.5) is 0 Å². The summed E-state index contributed by atoms with van der Waals surface area (Å²) < 4.78 is 5.81. The van der Waals surface area contributed by atoms with Crippen molar-refractivity contribution in [2.45, 2.75) is 37.3 Å². The monoisotopic (exact) mass is 293 g/mol. The van der Waals surface area contributed by atoms with Crippen LogP contribution in [-0.2, 0) is 16.8 Å². The summed E-state index contributed by atoms with van der Waals surface area (Å²) in [6, 6.07) is 18.2. The Kier molecular flexibility index (Phi) is 3.14. The molecule has 1 unspecified atom stereocenters. The van der Waals surface area contributed by atoms with Gasteiger partial charge < -0.3 is 10.1 Å². The maximum atomic E-state index is 12.7. The van der Waals surface area contributed by atoms with Gasteiger partial charge in [-0.2, -0.15) is 0 Å². The highest BCUT2D eigenvalue weighted by atomic mass is 16.5. The van der Waals surface area contributed by atoms with Gasteiger partial charge in [0.25, 0.3) is 5.91 Å². The van der Waals surface area contributed by atoms with Crippen molar-refractivity contribution in [1.82, 2.24) is 5.32 Å². The quantitative estimate of drug-likeness (QED) is 0.944. The molecule has 1 amide bonds. The zero-order valence-electron chi connectivity index (χ0n) is 12.4. The molecular weight excluding hydrogens is 274 g/mol. The molecule has 0 saturated heterocycles. The van der Waals surface area contributed by atoms with E-state index in [4.69, 9.17) is 4.74 Å². The number of amides is 1. The van der Waals surface area contributed by atoms with Crippen molar-refractivity contribution in [1.29, 1.82) is 0 Å². The first-order valence-electron chi connectivity index (χ1n) is 7.89. The van der Waals surface area contributed by atoms with E-state index in [1.807, 2.05) is 42.5 Å². The molecule has 1 N–H and O–H groups in total. The number of para-hydroxylation sites is 1. The first kappa shape index (κ1) is 13.4. The molecule has 1 atom stereocenters. The summed E-state index contributed by atoms with van der Waals surface area (Å²) in [5.74, 6) is 0.838. The summed E-state index contributed by atoms with van der Waals surface area (Å²) in [6.07, 6.45) is 3.41. The minimum atomic E-state index is -0.404. The number of ether oxygens (including phenoxy) is 1. The minimum absolute atomic E-state index is 0.000229. The molecule has 0 bridgehead atoms. The average Bonchev–Trinajstić information content (AvgIpc) is 2.96. The third kappa shape index (κ3) is 2.17. The van der Waals surface area contributed by atoms with Crippen LogP contribution in [0, 0.1) is 0 Å². The molecule has 1 aliphatic heterocycles. The van der Waals surface area contributed by atoms with Gasteiger partial charge in [-0.1, -0.05) is 48.5 Å². The molecule has 0 spiro atoms. The number of hydrogen-bond acceptors (Lipinski definition) is 2. The molecule has 4 rings (SSSR count). The van der Waals surface area contributed by atoms with Crippen LogP contribution in [0.1, 0.15) is 30.4 Å². The van der Waals surface area contributed by atoms with Crippen molar-refractivity contribution in [2.24, 2.45) is 0 Å². The Morgan fingerprint density at radius 3 is 2.45 bits per heavy atom. The topological polar surface area (TPSA) is 38.3 Å².